The first kappa shape index (κ1) is 36.9. The van der Waals surface area contributed by atoms with Crippen molar-refractivity contribution in [2.45, 2.75) is 0 Å². The topological polar surface area (TPSA) is 21.3 Å². The number of aromatic nitrogens is 1. The van der Waals surface area contributed by atoms with Gasteiger partial charge in [0.05, 0.1) is 16.7 Å². The number of hydrogen-bond acceptors (Lipinski definition) is 2. The van der Waals surface area contributed by atoms with Gasteiger partial charge in [0.1, 0.15) is 11.2 Å². The molecular formula is C62H40N2O. The number of hydrogen-bond donors (Lipinski definition) is 0. The maximum absolute atomic E-state index is 6.25. The third kappa shape index (κ3) is 6.12. The summed E-state index contributed by atoms with van der Waals surface area (Å²) in [5, 5.41) is 9.66. The molecule has 0 aliphatic carbocycles. The van der Waals surface area contributed by atoms with Crippen molar-refractivity contribution >= 4 is 82.4 Å². The van der Waals surface area contributed by atoms with E-state index in [1.54, 1.807) is 0 Å². The molecule has 0 fully saturated rings. The predicted molar refractivity (Wildman–Crippen MR) is 274 cm³/mol. The number of nitrogens with zero attached hydrogens (tertiary/aromatic N) is 2. The van der Waals surface area contributed by atoms with Gasteiger partial charge in [-0.3, -0.25) is 0 Å². The number of furan rings is 1. The van der Waals surface area contributed by atoms with Crippen LogP contribution in [0.2, 0.25) is 0 Å². The van der Waals surface area contributed by atoms with E-state index in [2.05, 4.69) is 240 Å². The summed E-state index contributed by atoms with van der Waals surface area (Å²) in [5.41, 5.74) is 15.7. The average Bonchev–Trinajstić information content (AvgIpc) is 3.93. The molecule has 0 bridgehead atoms. The summed E-state index contributed by atoms with van der Waals surface area (Å²) in [7, 11) is 0. The minimum atomic E-state index is 0.910. The van der Waals surface area contributed by atoms with Crippen LogP contribution in [0.1, 0.15) is 0 Å². The highest BCUT2D eigenvalue weighted by Gasteiger charge is 2.19. The first-order valence-corrected chi connectivity index (χ1v) is 22.2. The molecule has 0 atom stereocenters. The van der Waals surface area contributed by atoms with Gasteiger partial charge in [-0.05, 0) is 122 Å². The molecule has 0 saturated heterocycles. The molecule has 11 aromatic carbocycles. The normalized spacial score (nSPS) is 11.7. The molecule has 0 unspecified atom stereocenters. The lowest BCUT2D eigenvalue weighted by atomic mass is 9.94. The molecule has 3 nitrogen and oxygen atoms in total. The van der Waals surface area contributed by atoms with Crippen LogP contribution in [0.4, 0.5) is 17.1 Å². The van der Waals surface area contributed by atoms with E-state index in [-0.39, 0.29) is 0 Å². The first-order chi connectivity index (χ1) is 32.2. The second-order valence-electron chi connectivity index (χ2n) is 16.9. The van der Waals surface area contributed by atoms with Crippen molar-refractivity contribution in [3.8, 4) is 39.1 Å². The summed E-state index contributed by atoms with van der Waals surface area (Å²) in [5.74, 6) is 0. The van der Waals surface area contributed by atoms with E-state index in [1.165, 1.54) is 71.2 Å². The molecule has 2 heterocycles. The van der Waals surface area contributed by atoms with E-state index in [9.17, 15) is 0 Å². The highest BCUT2D eigenvalue weighted by atomic mass is 16.3. The van der Waals surface area contributed by atoms with Crippen molar-refractivity contribution in [3.05, 3.63) is 243 Å². The minimum Gasteiger partial charge on any atom is -0.456 e. The molecule has 13 aromatic rings. The Kier molecular flexibility index (Phi) is 8.53. The average molecular weight is 829 g/mol. The second-order valence-corrected chi connectivity index (χ2v) is 16.9. The number of benzene rings is 11. The van der Waals surface area contributed by atoms with Crippen LogP contribution in [-0.4, -0.2) is 4.57 Å². The molecule has 0 radical (unpaired) electrons. The lowest BCUT2D eigenvalue weighted by Crippen LogP contribution is -2.11. The molecule has 0 amide bonds. The van der Waals surface area contributed by atoms with Crippen LogP contribution in [0, 0.1) is 0 Å². The van der Waals surface area contributed by atoms with Crippen LogP contribution in [-0.2, 0) is 0 Å². The third-order valence-electron chi connectivity index (χ3n) is 13.2. The predicted octanol–water partition coefficient (Wildman–Crippen LogP) is 17.5. The van der Waals surface area contributed by atoms with Crippen LogP contribution in [0.3, 0.4) is 0 Å². The largest absolute Gasteiger partial charge is 0.456 e. The van der Waals surface area contributed by atoms with Crippen molar-refractivity contribution in [1.29, 1.82) is 0 Å². The Morgan fingerprint density at radius 3 is 1.71 bits per heavy atom. The van der Waals surface area contributed by atoms with Gasteiger partial charge in [0.15, 0.2) is 0 Å². The fourth-order valence-corrected chi connectivity index (χ4v) is 10.2. The van der Waals surface area contributed by atoms with Crippen molar-refractivity contribution in [2.75, 3.05) is 4.90 Å². The Labute approximate surface area is 376 Å². The van der Waals surface area contributed by atoms with E-state index in [4.69, 9.17) is 4.42 Å². The fraction of sp³-hybridized carbons (Fsp3) is 0. The molecule has 0 N–H and O–H groups in total. The SMILES string of the molecule is c1ccc(-c2ccccc2N(c2ccc(-c3cccc(-n4c5ccccc5c5ccccc54)c3)cc2)c2ccc3c(ccc4cc(-c5cccc6oc7ccccc7c56)ccc43)c2)cc1. The summed E-state index contributed by atoms with van der Waals surface area (Å²) in [6.45, 7) is 0. The van der Waals surface area contributed by atoms with Gasteiger partial charge in [0, 0.05) is 44.2 Å². The van der Waals surface area contributed by atoms with Gasteiger partial charge in [0.25, 0.3) is 0 Å². The molecule has 304 valence electrons. The summed E-state index contributed by atoms with van der Waals surface area (Å²) in [6, 6.07) is 87.8. The maximum atomic E-state index is 6.25. The van der Waals surface area contributed by atoms with Gasteiger partial charge < -0.3 is 13.9 Å². The summed E-state index contributed by atoms with van der Waals surface area (Å²) in [4.78, 5) is 2.41. The second kappa shape index (κ2) is 15.0. The summed E-state index contributed by atoms with van der Waals surface area (Å²) >= 11 is 0. The molecule has 65 heavy (non-hydrogen) atoms. The van der Waals surface area contributed by atoms with Crippen LogP contribution < -0.4 is 4.90 Å². The molecule has 0 aliphatic heterocycles. The number of rotatable bonds is 7. The Morgan fingerprint density at radius 2 is 0.908 bits per heavy atom. The standard InChI is InChI=1S/C62H40N2O/c1-2-14-42(15-3-1)52-18-4-8-23-57(52)63(47-33-30-41(31-34-47)43-16-12-17-48(39-43)64-58-24-9-5-19-54(58)55-20-6-10-25-59(55)64)49-35-37-51-46(40-49)29-28-44-38-45(32-36-50(44)51)53-22-13-27-61-62(53)56-21-7-11-26-60(56)65-61/h1-40H. The van der Waals surface area contributed by atoms with Crippen LogP contribution >= 0.6 is 0 Å². The van der Waals surface area contributed by atoms with E-state index in [1.807, 2.05) is 12.1 Å². The van der Waals surface area contributed by atoms with Crippen LogP contribution in [0.5, 0.6) is 0 Å². The quantitative estimate of drug-likeness (QED) is 0.149. The Hall–Kier alpha value is -8.66. The van der Waals surface area contributed by atoms with Gasteiger partial charge in [0.2, 0.25) is 0 Å². The van der Waals surface area contributed by atoms with Crippen LogP contribution in [0.15, 0.2) is 247 Å². The Bertz CT molecular complexity index is 3900. The monoisotopic (exact) mass is 828 g/mol. The first-order valence-electron chi connectivity index (χ1n) is 22.2. The summed E-state index contributed by atoms with van der Waals surface area (Å²) < 4.78 is 8.63. The van der Waals surface area contributed by atoms with E-state index >= 15 is 0 Å². The number of anilines is 3. The van der Waals surface area contributed by atoms with E-state index in [0.29, 0.717) is 0 Å². The Balaban J connectivity index is 0.909. The van der Waals surface area contributed by atoms with Crippen molar-refractivity contribution in [3.63, 3.8) is 0 Å². The number of fused-ring (bicyclic) bond motifs is 9. The molecule has 13 rings (SSSR count). The molecular weight excluding hydrogens is 789 g/mol. The maximum Gasteiger partial charge on any atom is 0.136 e. The smallest absolute Gasteiger partial charge is 0.136 e. The Morgan fingerprint density at radius 1 is 0.323 bits per heavy atom. The van der Waals surface area contributed by atoms with Gasteiger partial charge in [-0.1, -0.05) is 170 Å². The fourth-order valence-electron chi connectivity index (χ4n) is 10.2. The zero-order valence-electron chi connectivity index (χ0n) is 35.4. The van der Waals surface area contributed by atoms with Crippen molar-refractivity contribution in [2.24, 2.45) is 0 Å². The molecule has 0 saturated carbocycles. The van der Waals surface area contributed by atoms with Crippen molar-refractivity contribution in [1.82, 2.24) is 4.57 Å². The lowest BCUT2D eigenvalue weighted by molar-refractivity contribution is 0.669. The van der Waals surface area contributed by atoms with Gasteiger partial charge >= 0.3 is 0 Å². The number of para-hydroxylation sites is 4. The molecule has 3 heteroatoms. The highest BCUT2D eigenvalue weighted by molar-refractivity contribution is 6.15. The molecule has 0 aliphatic rings. The van der Waals surface area contributed by atoms with Gasteiger partial charge in [-0.15, -0.1) is 0 Å². The third-order valence-corrected chi connectivity index (χ3v) is 13.2. The van der Waals surface area contributed by atoms with E-state index in [0.717, 1.165) is 50.3 Å². The van der Waals surface area contributed by atoms with Gasteiger partial charge in [-0.2, -0.15) is 0 Å². The van der Waals surface area contributed by atoms with Gasteiger partial charge in [-0.25, -0.2) is 0 Å². The summed E-state index contributed by atoms with van der Waals surface area (Å²) in [6.07, 6.45) is 0. The zero-order valence-corrected chi connectivity index (χ0v) is 35.4. The molecule has 2 aromatic heterocycles. The van der Waals surface area contributed by atoms with Crippen molar-refractivity contribution < 1.29 is 4.42 Å². The van der Waals surface area contributed by atoms with E-state index < -0.39 is 0 Å². The zero-order chi connectivity index (χ0) is 42.8. The highest BCUT2D eigenvalue weighted by Crippen LogP contribution is 2.44. The minimum absolute atomic E-state index is 0.910. The van der Waals surface area contributed by atoms with Crippen LogP contribution in [0.25, 0.3) is 104 Å². The lowest BCUT2D eigenvalue weighted by Gasteiger charge is -2.28. The molecule has 0 spiro atoms.